The molecule has 1 rings (SSSR count). The van der Waals surface area contributed by atoms with Crippen molar-refractivity contribution in [2.75, 3.05) is 12.4 Å². The second-order valence-electron chi connectivity index (χ2n) is 4.26. The highest BCUT2D eigenvalue weighted by Gasteiger charge is 2.36. The fourth-order valence-electron chi connectivity index (χ4n) is 2.06. The lowest BCUT2D eigenvalue weighted by Gasteiger charge is -2.26. The molecule has 2 atom stereocenters. The summed E-state index contributed by atoms with van der Waals surface area (Å²) < 4.78 is 35.6. The number of aliphatic carboxylic acids is 1. The van der Waals surface area contributed by atoms with E-state index in [1.165, 1.54) is 0 Å². The molecule has 0 aromatic rings. The molecule has 1 aliphatic carbocycles. The van der Waals surface area contributed by atoms with Gasteiger partial charge in [0.1, 0.15) is 6.61 Å². The molecule has 0 aromatic heterocycles. The van der Waals surface area contributed by atoms with Gasteiger partial charge in [0, 0.05) is 0 Å². The van der Waals surface area contributed by atoms with Crippen molar-refractivity contribution >= 4 is 22.1 Å². The van der Waals surface area contributed by atoms with Crippen LogP contribution in [0.1, 0.15) is 25.7 Å². The summed E-state index contributed by atoms with van der Waals surface area (Å²) in [7, 11) is -4.42. The van der Waals surface area contributed by atoms with Gasteiger partial charge in [0.05, 0.1) is 27.7 Å². The Balaban J connectivity index is 2.51. The summed E-state index contributed by atoms with van der Waals surface area (Å²) in [6.07, 6.45) is 2.31. The molecule has 0 amide bonds. The first-order valence-electron chi connectivity index (χ1n) is 5.64. The monoisotopic (exact) mass is 279 g/mol. The number of ether oxygens (including phenoxy) is 1. The van der Waals surface area contributed by atoms with E-state index in [4.69, 9.17) is 5.11 Å². The van der Waals surface area contributed by atoms with E-state index in [9.17, 15) is 22.6 Å². The zero-order valence-corrected chi connectivity index (χ0v) is 10.5. The van der Waals surface area contributed by atoms with Gasteiger partial charge in [0.2, 0.25) is 0 Å². The summed E-state index contributed by atoms with van der Waals surface area (Å²) in [5.74, 6) is -4.09. The Hall–Kier alpha value is -1.15. The Labute approximate surface area is 105 Å². The molecule has 0 aromatic carbocycles. The fourth-order valence-corrected chi connectivity index (χ4v) is 2.35. The van der Waals surface area contributed by atoms with Gasteiger partial charge in [0.15, 0.2) is 0 Å². The predicted octanol–water partition coefficient (Wildman–Crippen LogP) is -0.0342. The van der Waals surface area contributed by atoms with Crippen LogP contribution in [0.15, 0.2) is 0 Å². The normalized spacial score (nSPS) is 24.5. The van der Waals surface area contributed by atoms with Crippen molar-refractivity contribution in [1.29, 1.82) is 0 Å². The van der Waals surface area contributed by atoms with Crippen LogP contribution in [0.25, 0.3) is 0 Å². The molecule has 0 spiro atoms. The summed E-state index contributed by atoms with van der Waals surface area (Å²) in [5.41, 5.74) is 0. The van der Waals surface area contributed by atoms with Crippen LogP contribution < -0.4 is 0 Å². The molecule has 18 heavy (non-hydrogen) atoms. The number of carboxylic acid groups (broad SMARTS) is 1. The summed E-state index contributed by atoms with van der Waals surface area (Å²) in [5, 5.41) is 8.96. The number of carbonyl (C=O) groups is 2. The van der Waals surface area contributed by atoms with E-state index in [0.29, 0.717) is 12.8 Å². The Morgan fingerprint density at radius 2 is 1.78 bits per heavy atom. The molecule has 1 N–H and O–H groups in total. The minimum absolute atomic E-state index is 0.412. The molecule has 1 fully saturated rings. The lowest BCUT2D eigenvalue weighted by molar-refractivity contribution is -0.159. The van der Waals surface area contributed by atoms with Crippen molar-refractivity contribution in [3.8, 4) is 0 Å². The third kappa shape index (κ3) is 4.61. The molecule has 0 heterocycles. The average molecular weight is 279 g/mol. The van der Waals surface area contributed by atoms with Crippen LogP contribution in [0.4, 0.5) is 0 Å². The topological polar surface area (TPSA) is 121 Å². The first-order valence-corrected chi connectivity index (χ1v) is 7.22. The Bertz CT molecular complexity index is 414. The highest BCUT2D eigenvalue weighted by atomic mass is 32.2. The zero-order chi connectivity index (χ0) is 13.8. The Morgan fingerprint density at radius 1 is 1.22 bits per heavy atom. The maximum Gasteiger partial charge on any atom is 0.309 e. The van der Waals surface area contributed by atoms with Gasteiger partial charge < -0.3 is 14.4 Å². The van der Waals surface area contributed by atoms with Crippen molar-refractivity contribution in [3.63, 3.8) is 0 Å². The Kier molecular flexibility index (Phi) is 5.09. The van der Waals surface area contributed by atoms with Crippen molar-refractivity contribution in [2.45, 2.75) is 25.7 Å². The maximum absolute atomic E-state index is 11.6. The van der Waals surface area contributed by atoms with Crippen LogP contribution >= 0.6 is 0 Å². The van der Waals surface area contributed by atoms with E-state index >= 15 is 0 Å². The van der Waals surface area contributed by atoms with Crippen LogP contribution in [-0.4, -0.2) is 42.4 Å². The lowest BCUT2D eigenvalue weighted by atomic mass is 9.79. The number of rotatable bonds is 5. The predicted molar refractivity (Wildman–Crippen MR) is 58.6 cm³/mol. The quantitative estimate of drug-likeness (QED) is 0.553. The van der Waals surface area contributed by atoms with Gasteiger partial charge in [-0.1, -0.05) is 12.8 Å². The maximum atomic E-state index is 11.6. The number of esters is 1. The van der Waals surface area contributed by atoms with E-state index in [1.807, 2.05) is 0 Å². The Morgan fingerprint density at radius 3 is 2.28 bits per heavy atom. The number of carboxylic acids is 1. The zero-order valence-electron chi connectivity index (χ0n) is 9.70. The third-order valence-electron chi connectivity index (χ3n) is 2.96. The van der Waals surface area contributed by atoms with Gasteiger partial charge in [-0.05, 0) is 12.8 Å². The molecule has 2 unspecified atom stereocenters. The van der Waals surface area contributed by atoms with E-state index in [-0.39, 0.29) is 0 Å². The molecule has 8 heteroatoms. The second kappa shape index (κ2) is 6.14. The van der Waals surface area contributed by atoms with Gasteiger partial charge in [-0.2, -0.15) is 0 Å². The molecule has 1 aliphatic rings. The minimum atomic E-state index is -4.42. The first kappa shape index (κ1) is 14.9. The summed E-state index contributed by atoms with van der Waals surface area (Å²) >= 11 is 0. The smallest absolute Gasteiger partial charge is 0.309 e. The number of hydrogen-bond donors (Lipinski definition) is 1. The molecule has 7 nitrogen and oxygen atoms in total. The van der Waals surface area contributed by atoms with E-state index in [1.54, 1.807) is 0 Å². The van der Waals surface area contributed by atoms with Crippen LogP contribution in [0.5, 0.6) is 0 Å². The van der Waals surface area contributed by atoms with Crippen LogP contribution in [-0.2, 0) is 24.4 Å². The summed E-state index contributed by atoms with van der Waals surface area (Å²) in [6, 6.07) is 0. The fraction of sp³-hybridized carbons (Fsp3) is 0.800. The number of carbonyl (C=O) groups excluding carboxylic acids is 1. The largest absolute Gasteiger partial charge is 0.748 e. The van der Waals surface area contributed by atoms with Crippen molar-refractivity contribution in [3.05, 3.63) is 0 Å². The van der Waals surface area contributed by atoms with Crippen LogP contribution in [0.3, 0.4) is 0 Å². The highest BCUT2D eigenvalue weighted by molar-refractivity contribution is 7.85. The minimum Gasteiger partial charge on any atom is -0.748 e. The molecule has 0 saturated heterocycles. The van der Waals surface area contributed by atoms with E-state index in [0.717, 1.165) is 12.8 Å². The highest BCUT2D eigenvalue weighted by Crippen LogP contribution is 2.31. The molecule has 0 radical (unpaired) electrons. The SMILES string of the molecule is O=C(O)C1CCCCC1C(=O)OCCS(=O)(=O)[O-]. The standard InChI is InChI=1S/C10H16O7S/c11-9(12)7-3-1-2-4-8(7)10(13)17-5-6-18(14,15)16/h7-8H,1-6H2,(H,11,12)(H,14,15,16)/p-1. The summed E-state index contributed by atoms with van der Waals surface area (Å²) in [4.78, 5) is 22.6. The lowest BCUT2D eigenvalue weighted by Crippen LogP contribution is -2.34. The van der Waals surface area contributed by atoms with Crippen LogP contribution in [0.2, 0.25) is 0 Å². The van der Waals surface area contributed by atoms with Gasteiger partial charge in [-0.25, -0.2) is 8.42 Å². The van der Waals surface area contributed by atoms with Gasteiger partial charge >= 0.3 is 11.9 Å². The van der Waals surface area contributed by atoms with E-state index < -0.39 is 46.3 Å². The molecular formula is C10H15O7S-. The first-order chi connectivity index (χ1) is 8.31. The van der Waals surface area contributed by atoms with Crippen molar-refractivity contribution in [1.82, 2.24) is 0 Å². The molecular weight excluding hydrogens is 264 g/mol. The second-order valence-corrected chi connectivity index (χ2v) is 5.79. The molecule has 104 valence electrons. The third-order valence-corrected chi connectivity index (χ3v) is 3.63. The average Bonchev–Trinajstić information content (AvgIpc) is 2.27. The molecule has 0 bridgehead atoms. The van der Waals surface area contributed by atoms with Gasteiger partial charge in [-0.3, -0.25) is 9.59 Å². The van der Waals surface area contributed by atoms with Gasteiger partial charge in [-0.15, -0.1) is 0 Å². The van der Waals surface area contributed by atoms with Gasteiger partial charge in [0.25, 0.3) is 0 Å². The number of hydrogen-bond acceptors (Lipinski definition) is 6. The van der Waals surface area contributed by atoms with E-state index in [2.05, 4.69) is 4.74 Å². The van der Waals surface area contributed by atoms with Crippen molar-refractivity contribution < 1.29 is 32.4 Å². The molecule has 1 saturated carbocycles. The van der Waals surface area contributed by atoms with Crippen LogP contribution in [0, 0.1) is 11.8 Å². The summed E-state index contributed by atoms with van der Waals surface area (Å²) in [6.45, 7) is -0.520. The molecule has 0 aliphatic heterocycles. The van der Waals surface area contributed by atoms with Crippen molar-refractivity contribution in [2.24, 2.45) is 11.8 Å².